The van der Waals surface area contributed by atoms with Crippen molar-refractivity contribution in [2.24, 2.45) is 0 Å². The Kier molecular flexibility index (Phi) is 2.81. The van der Waals surface area contributed by atoms with Gasteiger partial charge in [-0.1, -0.05) is 11.6 Å². The Bertz CT molecular complexity index is 365. The maximum absolute atomic E-state index is 10.2. The van der Waals surface area contributed by atoms with Gasteiger partial charge in [0.05, 0.1) is 6.20 Å². The van der Waals surface area contributed by atoms with E-state index < -0.39 is 5.97 Å². The van der Waals surface area contributed by atoms with Gasteiger partial charge in [0.25, 0.3) is 0 Å². The predicted octanol–water partition coefficient (Wildman–Crippen LogP) is 0.810. The van der Waals surface area contributed by atoms with E-state index in [4.69, 9.17) is 22.4 Å². The van der Waals surface area contributed by atoms with E-state index in [1.165, 1.54) is 12.3 Å². The zero-order valence-corrected chi connectivity index (χ0v) is 7.19. The maximum atomic E-state index is 10.2. The molecule has 3 N–H and O–H groups in total. The highest BCUT2D eigenvalue weighted by Crippen LogP contribution is 2.10. The molecule has 1 aromatic rings. The molecule has 0 saturated carbocycles. The number of nitrogens with zero attached hydrogens (tertiary/aromatic N) is 2. The minimum Gasteiger partial charge on any atom is -0.478 e. The molecular formula is C7H6ClN3O2. The molecular weight excluding hydrogens is 194 g/mol. The molecule has 0 unspecified atom stereocenters. The van der Waals surface area contributed by atoms with Gasteiger partial charge < -0.3 is 10.8 Å². The summed E-state index contributed by atoms with van der Waals surface area (Å²) >= 11 is 5.52. The fourth-order valence-corrected chi connectivity index (χ4v) is 0.803. The van der Waals surface area contributed by atoms with Crippen LogP contribution >= 0.6 is 11.6 Å². The lowest BCUT2D eigenvalue weighted by Crippen LogP contribution is -1.97. The molecule has 13 heavy (non-hydrogen) atoms. The van der Waals surface area contributed by atoms with Crippen molar-refractivity contribution in [3.8, 4) is 0 Å². The van der Waals surface area contributed by atoms with Crippen LogP contribution in [0.3, 0.4) is 0 Å². The third-order valence-corrected chi connectivity index (χ3v) is 1.37. The Morgan fingerprint density at radius 3 is 3.00 bits per heavy atom. The van der Waals surface area contributed by atoms with Gasteiger partial charge in [-0.15, -0.1) is 0 Å². The summed E-state index contributed by atoms with van der Waals surface area (Å²) in [6.45, 7) is 0. The van der Waals surface area contributed by atoms with E-state index in [1.807, 2.05) is 0 Å². The standard InChI is InChI=1S/C7H6ClN3O2/c8-5-3-10-7(9)4(11-5)1-2-6(12)13/h1-3H,(H2,9,10)(H,12,13). The minimum absolute atomic E-state index is 0.141. The highest BCUT2D eigenvalue weighted by Gasteiger charge is 1.99. The second-order valence-corrected chi connectivity index (χ2v) is 2.52. The smallest absolute Gasteiger partial charge is 0.328 e. The number of aromatic nitrogens is 2. The molecule has 0 radical (unpaired) electrons. The van der Waals surface area contributed by atoms with Crippen molar-refractivity contribution in [3.63, 3.8) is 0 Å². The highest BCUT2D eigenvalue weighted by molar-refractivity contribution is 6.29. The second-order valence-electron chi connectivity index (χ2n) is 2.13. The van der Waals surface area contributed by atoms with Crippen LogP contribution in [-0.4, -0.2) is 21.0 Å². The van der Waals surface area contributed by atoms with Crippen LogP contribution in [0.2, 0.25) is 5.15 Å². The molecule has 0 aliphatic heterocycles. The molecule has 0 atom stereocenters. The van der Waals surface area contributed by atoms with Gasteiger partial charge in [0, 0.05) is 6.08 Å². The van der Waals surface area contributed by atoms with Crippen molar-refractivity contribution < 1.29 is 9.90 Å². The van der Waals surface area contributed by atoms with Gasteiger partial charge in [-0.2, -0.15) is 0 Å². The second kappa shape index (κ2) is 3.86. The summed E-state index contributed by atoms with van der Waals surface area (Å²) in [4.78, 5) is 17.6. The molecule has 1 rings (SSSR count). The predicted molar refractivity (Wildman–Crippen MR) is 48.1 cm³/mol. The van der Waals surface area contributed by atoms with Crippen molar-refractivity contribution >= 4 is 29.5 Å². The number of nitrogen functional groups attached to an aromatic ring is 1. The topological polar surface area (TPSA) is 89.1 Å². The van der Waals surface area contributed by atoms with Crippen LogP contribution in [0.4, 0.5) is 5.82 Å². The van der Waals surface area contributed by atoms with E-state index in [1.54, 1.807) is 0 Å². The highest BCUT2D eigenvalue weighted by atomic mass is 35.5. The summed E-state index contributed by atoms with van der Waals surface area (Å²) in [6, 6.07) is 0. The molecule has 0 spiro atoms. The lowest BCUT2D eigenvalue weighted by molar-refractivity contribution is -0.131. The first-order valence-electron chi connectivity index (χ1n) is 3.28. The van der Waals surface area contributed by atoms with E-state index in [-0.39, 0.29) is 16.7 Å². The van der Waals surface area contributed by atoms with Gasteiger partial charge in [-0.25, -0.2) is 14.8 Å². The SMILES string of the molecule is Nc1ncc(Cl)nc1C=CC(=O)O. The van der Waals surface area contributed by atoms with Crippen LogP contribution in [0.25, 0.3) is 6.08 Å². The molecule has 0 fully saturated rings. The van der Waals surface area contributed by atoms with E-state index in [2.05, 4.69) is 9.97 Å². The minimum atomic E-state index is -1.08. The number of anilines is 1. The first-order chi connectivity index (χ1) is 6.09. The summed E-state index contributed by atoms with van der Waals surface area (Å²) in [5.74, 6) is -0.942. The summed E-state index contributed by atoms with van der Waals surface area (Å²) in [5.41, 5.74) is 5.64. The zero-order valence-electron chi connectivity index (χ0n) is 6.44. The zero-order chi connectivity index (χ0) is 9.84. The molecule has 0 saturated heterocycles. The first-order valence-corrected chi connectivity index (χ1v) is 3.66. The number of nitrogens with two attached hydrogens (primary N) is 1. The molecule has 1 aromatic heterocycles. The largest absolute Gasteiger partial charge is 0.478 e. The molecule has 0 aliphatic carbocycles. The Balaban J connectivity index is 3.00. The van der Waals surface area contributed by atoms with Crippen molar-refractivity contribution in [2.45, 2.75) is 0 Å². The van der Waals surface area contributed by atoms with Gasteiger partial charge in [-0.05, 0) is 6.08 Å². The summed E-state index contributed by atoms with van der Waals surface area (Å²) in [5, 5.41) is 8.49. The Hall–Kier alpha value is -1.62. The number of hydrogen-bond donors (Lipinski definition) is 2. The van der Waals surface area contributed by atoms with E-state index >= 15 is 0 Å². The average Bonchev–Trinajstić information content (AvgIpc) is 2.06. The molecule has 5 nitrogen and oxygen atoms in total. The van der Waals surface area contributed by atoms with Gasteiger partial charge in [0.2, 0.25) is 0 Å². The maximum Gasteiger partial charge on any atom is 0.328 e. The number of carbonyl (C=O) groups is 1. The molecule has 0 bridgehead atoms. The first kappa shape index (κ1) is 9.47. The molecule has 68 valence electrons. The van der Waals surface area contributed by atoms with Crippen molar-refractivity contribution in [3.05, 3.63) is 23.1 Å². The number of carboxylic acid groups (broad SMARTS) is 1. The van der Waals surface area contributed by atoms with Gasteiger partial charge in [0.15, 0.2) is 0 Å². The van der Waals surface area contributed by atoms with Crippen LogP contribution in [0.5, 0.6) is 0 Å². The number of carboxylic acids is 1. The monoisotopic (exact) mass is 199 g/mol. The van der Waals surface area contributed by atoms with E-state index in [0.717, 1.165) is 6.08 Å². The Morgan fingerprint density at radius 1 is 1.69 bits per heavy atom. The third-order valence-electron chi connectivity index (χ3n) is 1.18. The molecule has 6 heteroatoms. The van der Waals surface area contributed by atoms with Crippen molar-refractivity contribution in [1.82, 2.24) is 9.97 Å². The lowest BCUT2D eigenvalue weighted by atomic mass is 10.3. The molecule has 0 aliphatic rings. The Morgan fingerprint density at radius 2 is 2.38 bits per heavy atom. The molecule has 1 heterocycles. The van der Waals surface area contributed by atoms with Gasteiger partial charge >= 0.3 is 5.97 Å². The number of aliphatic carboxylic acids is 1. The van der Waals surface area contributed by atoms with E-state index in [0.29, 0.717) is 0 Å². The van der Waals surface area contributed by atoms with Crippen molar-refractivity contribution in [2.75, 3.05) is 5.73 Å². The van der Waals surface area contributed by atoms with Crippen LogP contribution in [0.1, 0.15) is 5.69 Å². The normalized spacial score (nSPS) is 10.5. The summed E-state index contributed by atoms with van der Waals surface area (Å²) in [6.07, 6.45) is 3.43. The Labute approximate surface area is 78.9 Å². The number of rotatable bonds is 2. The van der Waals surface area contributed by atoms with Gasteiger partial charge in [0.1, 0.15) is 16.7 Å². The van der Waals surface area contributed by atoms with Gasteiger partial charge in [-0.3, -0.25) is 0 Å². The van der Waals surface area contributed by atoms with E-state index in [9.17, 15) is 4.79 Å². The molecule has 0 aromatic carbocycles. The lowest BCUT2D eigenvalue weighted by Gasteiger charge is -1.97. The molecule has 0 amide bonds. The summed E-state index contributed by atoms with van der Waals surface area (Å²) < 4.78 is 0. The van der Waals surface area contributed by atoms with Crippen LogP contribution in [0.15, 0.2) is 12.3 Å². The number of hydrogen-bond acceptors (Lipinski definition) is 4. The average molecular weight is 200 g/mol. The third kappa shape index (κ3) is 2.72. The fraction of sp³-hybridized carbons (Fsp3) is 0. The summed E-state index contributed by atoms with van der Waals surface area (Å²) in [7, 11) is 0. The van der Waals surface area contributed by atoms with Crippen molar-refractivity contribution in [1.29, 1.82) is 0 Å². The fourth-order valence-electron chi connectivity index (χ4n) is 0.663. The van der Waals surface area contributed by atoms with Crippen LogP contribution < -0.4 is 5.73 Å². The van der Waals surface area contributed by atoms with Crippen LogP contribution in [0, 0.1) is 0 Å². The van der Waals surface area contributed by atoms with Crippen LogP contribution in [-0.2, 0) is 4.79 Å². The quantitative estimate of drug-likeness (QED) is 0.688. The number of halogens is 1.